The Kier molecular flexibility index (Phi) is 4.81. The number of hydrogen-bond donors (Lipinski definition) is 1. The van der Waals surface area contributed by atoms with Crippen LogP contribution in [0.4, 0.5) is 4.39 Å². The van der Waals surface area contributed by atoms with E-state index in [1.54, 1.807) is 27.8 Å². The SMILES string of the molecule is CNCc1cc(C(=O)OOC(C)(C)C)ccc1F. The molecule has 4 nitrogen and oxygen atoms in total. The van der Waals surface area contributed by atoms with E-state index >= 15 is 0 Å². The maximum absolute atomic E-state index is 13.4. The molecule has 1 aromatic rings. The maximum Gasteiger partial charge on any atom is 0.373 e. The van der Waals surface area contributed by atoms with Crippen LogP contribution in [0, 0.1) is 5.82 Å². The van der Waals surface area contributed by atoms with Crippen molar-refractivity contribution in [3.63, 3.8) is 0 Å². The Morgan fingerprint density at radius 1 is 1.39 bits per heavy atom. The number of rotatable bonds is 4. The molecule has 0 aliphatic carbocycles. The average Bonchev–Trinajstić information content (AvgIpc) is 2.28. The first kappa shape index (κ1) is 14.6. The highest BCUT2D eigenvalue weighted by atomic mass is 19.1. The lowest BCUT2D eigenvalue weighted by Crippen LogP contribution is -2.22. The molecule has 18 heavy (non-hydrogen) atoms. The van der Waals surface area contributed by atoms with Crippen LogP contribution in [-0.4, -0.2) is 18.6 Å². The van der Waals surface area contributed by atoms with Gasteiger partial charge in [0.25, 0.3) is 0 Å². The van der Waals surface area contributed by atoms with Crippen molar-refractivity contribution >= 4 is 5.97 Å². The summed E-state index contributed by atoms with van der Waals surface area (Å²) in [5, 5.41) is 2.82. The molecule has 1 N–H and O–H groups in total. The van der Waals surface area contributed by atoms with Gasteiger partial charge in [-0.2, -0.15) is 4.89 Å². The average molecular weight is 255 g/mol. The number of benzene rings is 1. The summed E-state index contributed by atoms with van der Waals surface area (Å²) in [5.41, 5.74) is 0.0809. The molecule has 0 bridgehead atoms. The molecule has 0 aliphatic heterocycles. The van der Waals surface area contributed by atoms with E-state index in [-0.39, 0.29) is 11.4 Å². The lowest BCUT2D eigenvalue weighted by atomic mass is 10.1. The largest absolute Gasteiger partial charge is 0.373 e. The van der Waals surface area contributed by atoms with Gasteiger partial charge in [0.15, 0.2) is 0 Å². The monoisotopic (exact) mass is 255 g/mol. The van der Waals surface area contributed by atoms with Crippen molar-refractivity contribution < 1.29 is 19.0 Å². The quantitative estimate of drug-likeness (QED) is 0.663. The van der Waals surface area contributed by atoms with Crippen molar-refractivity contribution in [3.05, 3.63) is 35.1 Å². The molecule has 0 radical (unpaired) electrons. The van der Waals surface area contributed by atoms with Crippen LogP contribution >= 0.6 is 0 Å². The van der Waals surface area contributed by atoms with Gasteiger partial charge in [-0.1, -0.05) is 0 Å². The molecule has 5 heteroatoms. The van der Waals surface area contributed by atoms with Crippen LogP contribution in [0.25, 0.3) is 0 Å². The number of halogens is 1. The van der Waals surface area contributed by atoms with Gasteiger partial charge < -0.3 is 5.32 Å². The van der Waals surface area contributed by atoms with E-state index < -0.39 is 11.6 Å². The first-order valence-corrected chi connectivity index (χ1v) is 5.66. The number of carbonyl (C=O) groups excluding carboxylic acids is 1. The van der Waals surface area contributed by atoms with Crippen molar-refractivity contribution in [2.45, 2.75) is 32.9 Å². The van der Waals surface area contributed by atoms with Gasteiger partial charge in [0.2, 0.25) is 0 Å². The fourth-order valence-corrected chi connectivity index (χ4v) is 1.24. The molecule has 0 saturated heterocycles. The highest BCUT2D eigenvalue weighted by molar-refractivity contribution is 5.89. The number of nitrogens with one attached hydrogen (secondary N) is 1. The molecule has 0 aliphatic rings. The van der Waals surface area contributed by atoms with Gasteiger partial charge in [0.1, 0.15) is 11.4 Å². The van der Waals surface area contributed by atoms with Gasteiger partial charge in [0.05, 0.1) is 5.56 Å². The lowest BCUT2D eigenvalue weighted by Gasteiger charge is -2.16. The zero-order chi connectivity index (χ0) is 13.8. The van der Waals surface area contributed by atoms with E-state index in [0.717, 1.165) is 0 Å². The van der Waals surface area contributed by atoms with E-state index in [0.29, 0.717) is 12.1 Å². The van der Waals surface area contributed by atoms with Gasteiger partial charge in [-0.05, 0) is 46.0 Å². The Morgan fingerprint density at radius 3 is 2.61 bits per heavy atom. The minimum atomic E-state index is -0.637. The van der Waals surface area contributed by atoms with Crippen LogP contribution in [0.15, 0.2) is 18.2 Å². The van der Waals surface area contributed by atoms with Crippen LogP contribution in [0.5, 0.6) is 0 Å². The molecular weight excluding hydrogens is 237 g/mol. The van der Waals surface area contributed by atoms with Gasteiger partial charge in [-0.25, -0.2) is 9.18 Å². The summed E-state index contributed by atoms with van der Waals surface area (Å²) < 4.78 is 13.4. The van der Waals surface area contributed by atoms with E-state index in [1.807, 2.05) is 0 Å². The molecule has 0 spiro atoms. The Bertz CT molecular complexity index is 427. The van der Waals surface area contributed by atoms with Crippen LogP contribution in [0.2, 0.25) is 0 Å². The molecule has 0 unspecified atom stereocenters. The first-order valence-electron chi connectivity index (χ1n) is 5.66. The summed E-state index contributed by atoms with van der Waals surface area (Å²) in [6, 6.07) is 4.05. The Labute approximate surface area is 106 Å². The Morgan fingerprint density at radius 2 is 2.06 bits per heavy atom. The van der Waals surface area contributed by atoms with Crippen molar-refractivity contribution in [2.75, 3.05) is 7.05 Å². The highest BCUT2D eigenvalue weighted by Crippen LogP contribution is 2.14. The molecule has 100 valence electrons. The Balaban J connectivity index is 2.77. The van der Waals surface area contributed by atoms with E-state index in [1.165, 1.54) is 18.2 Å². The third-order valence-electron chi connectivity index (χ3n) is 2.02. The predicted molar refractivity (Wildman–Crippen MR) is 65.4 cm³/mol. The zero-order valence-corrected chi connectivity index (χ0v) is 11.0. The fourth-order valence-electron chi connectivity index (χ4n) is 1.24. The summed E-state index contributed by atoms with van der Waals surface area (Å²) >= 11 is 0. The van der Waals surface area contributed by atoms with Crippen molar-refractivity contribution in [2.24, 2.45) is 0 Å². The highest BCUT2D eigenvalue weighted by Gasteiger charge is 2.17. The smallest absolute Gasteiger partial charge is 0.316 e. The molecule has 0 atom stereocenters. The molecule has 0 fully saturated rings. The summed E-state index contributed by atoms with van der Waals surface area (Å²) in [5.74, 6) is -1.00. The number of hydrogen-bond acceptors (Lipinski definition) is 4. The van der Waals surface area contributed by atoms with Crippen LogP contribution in [-0.2, 0) is 16.3 Å². The summed E-state index contributed by atoms with van der Waals surface area (Å²) in [6.45, 7) is 5.62. The minimum Gasteiger partial charge on any atom is -0.316 e. The topological polar surface area (TPSA) is 47.6 Å². The van der Waals surface area contributed by atoms with Crippen molar-refractivity contribution in [1.29, 1.82) is 0 Å². The van der Waals surface area contributed by atoms with E-state index in [4.69, 9.17) is 4.89 Å². The second-order valence-electron chi connectivity index (χ2n) is 4.90. The molecule has 1 aromatic carbocycles. The molecule has 0 amide bonds. The molecule has 0 saturated carbocycles. The second kappa shape index (κ2) is 5.93. The molecule has 0 heterocycles. The van der Waals surface area contributed by atoms with Crippen molar-refractivity contribution in [3.8, 4) is 0 Å². The summed E-state index contributed by atoms with van der Waals surface area (Å²) in [4.78, 5) is 21.3. The Hall–Kier alpha value is -1.46. The molecule has 0 aromatic heterocycles. The fraction of sp³-hybridized carbons (Fsp3) is 0.462. The van der Waals surface area contributed by atoms with Gasteiger partial charge in [-0.3, -0.25) is 4.89 Å². The summed E-state index contributed by atoms with van der Waals surface area (Å²) in [6.07, 6.45) is 0. The van der Waals surface area contributed by atoms with Crippen LogP contribution in [0.3, 0.4) is 0 Å². The van der Waals surface area contributed by atoms with Crippen molar-refractivity contribution in [1.82, 2.24) is 5.32 Å². The third-order valence-corrected chi connectivity index (χ3v) is 2.02. The normalized spacial score (nSPS) is 11.4. The van der Waals surface area contributed by atoms with Crippen LogP contribution in [0.1, 0.15) is 36.7 Å². The zero-order valence-electron chi connectivity index (χ0n) is 11.0. The van der Waals surface area contributed by atoms with Gasteiger partial charge in [0, 0.05) is 12.1 Å². The van der Waals surface area contributed by atoms with Gasteiger partial charge in [-0.15, -0.1) is 0 Å². The van der Waals surface area contributed by atoms with E-state index in [9.17, 15) is 9.18 Å². The lowest BCUT2D eigenvalue weighted by molar-refractivity contribution is -0.301. The minimum absolute atomic E-state index is 0.255. The molecular formula is C13H18FNO3. The first-order chi connectivity index (χ1) is 8.33. The number of carbonyl (C=O) groups is 1. The second-order valence-corrected chi connectivity index (χ2v) is 4.90. The predicted octanol–water partition coefficient (Wildman–Crippen LogP) is 2.43. The summed E-state index contributed by atoms with van der Waals surface area (Å²) in [7, 11) is 1.70. The molecule has 1 rings (SSSR count). The standard InChI is InChI=1S/C13H18FNO3/c1-13(2,3)18-17-12(16)9-5-6-11(14)10(7-9)8-15-4/h5-7,15H,8H2,1-4H3. The third kappa shape index (κ3) is 4.43. The van der Waals surface area contributed by atoms with E-state index in [2.05, 4.69) is 10.2 Å². The van der Waals surface area contributed by atoms with Gasteiger partial charge >= 0.3 is 5.97 Å². The maximum atomic E-state index is 13.4. The van der Waals surface area contributed by atoms with Crippen LogP contribution < -0.4 is 5.32 Å².